The maximum atomic E-state index is 6.19. The van der Waals surface area contributed by atoms with Gasteiger partial charge in [0.05, 0.1) is 26.9 Å². The molecule has 0 N–H and O–H groups in total. The van der Waals surface area contributed by atoms with Crippen molar-refractivity contribution >= 4 is 0 Å². The standard InChI is InChI=1S/C18H24O6/c1-18(2)23-16-15-12(22-17(16)24-18)6-5-10-7-13(19-3)14(20-4)8-11(10)9-21-15/h7-8,12,15-17H,5-6,9H2,1-4H3/t12-,15+,16-,17-/m1/s1. The zero-order chi connectivity index (χ0) is 16.9. The predicted octanol–water partition coefficient (Wildman–Crippen LogP) is 2.41. The van der Waals surface area contributed by atoms with Gasteiger partial charge < -0.3 is 28.4 Å². The number of rotatable bonds is 2. The number of hydrogen-bond donors (Lipinski definition) is 0. The molecular weight excluding hydrogens is 312 g/mol. The third-order valence-electron chi connectivity index (χ3n) is 4.92. The Balaban J connectivity index is 1.58. The van der Waals surface area contributed by atoms with Crippen molar-refractivity contribution in [3.05, 3.63) is 23.3 Å². The van der Waals surface area contributed by atoms with Gasteiger partial charge in [0, 0.05) is 0 Å². The van der Waals surface area contributed by atoms with Crippen LogP contribution < -0.4 is 9.47 Å². The molecule has 0 amide bonds. The highest BCUT2D eigenvalue weighted by Crippen LogP contribution is 2.42. The number of aryl methyl sites for hydroxylation is 1. The molecule has 3 heterocycles. The first-order valence-electron chi connectivity index (χ1n) is 8.37. The van der Waals surface area contributed by atoms with Gasteiger partial charge in [0.15, 0.2) is 23.6 Å². The van der Waals surface area contributed by atoms with Crippen LogP contribution in [0.5, 0.6) is 11.5 Å². The summed E-state index contributed by atoms with van der Waals surface area (Å²) < 4.78 is 34.9. The summed E-state index contributed by atoms with van der Waals surface area (Å²) in [5, 5.41) is 0. The lowest BCUT2D eigenvalue weighted by Gasteiger charge is -2.28. The number of fused-ring (bicyclic) bond motifs is 4. The molecule has 2 saturated heterocycles. The van der Waals surface area contributed by atoms with Crippen molar-refractivity contribution in [1.82, 2.24) is 0 Å². The van der Waals surface area contributed by atoms with E-state index in [2.05, 4.69) is 0 Å². The average Bonchev–Trinajstić information content (AvgIpc) is 2.99. The van der Waals surface area contributed by atoms with Crippen LogP contribution >= 0.6 is 0 Å². The van der Waals surface area contributed by atoms with Gasteiger partial charge in [-0.25, -0.2) is 0 Å². The molecule has 6 nitrogen and oxygen atoms in total. The topological polar surface area (TPSA) is 55.4 Å². The molecule has 0 aromatic heterocycles. The van der Waals surface area contributed by atoms with E-state index in [0.29, 0.717) is 6.61 Å². The molecule has 0 unspecified atom stereocenters. The van der Waals surface area contributed by atoms with E-state index in [1.807, 2.05) is 26.0 Å². The first-order chi connectivity index (χ1) is 11.5. The second-order valence-electron chi connectivity index (χ2n) is 6.93. The molecule has 0 radical (unpaired) electrons. The van der Waals surface area contributed by atoms with Gasteiger partial charge in [-0.1, -0.05) is 0 Å². The quantitative estimate of drug-likeness (QED) is 0.827. The van der Waals surface area contributed by atoms with Gasteiger partial charge in [-0.15, -0.1) is 0 Å². The van der Waals surface area contributed by atoms with Crippen molar-refractivity contribution in [1.29, 1.82) is 0 Å². The van der Waals surface area contributed by atoms with Crippen molar-refractivity contribution in [2.24, 2.45) is 0 Å². The van der Waals surface area contributed by atoms with Crippen LogP contribution in [0.4, 0.5) is 0 Å². The van der Waals surface area contributed by atoms with Crippen LogP contribution in [-0.4, -0.2) is 44.6 Å². The Hall–Kier alpha value is -1.34. The van der Waals surface area contributed by atoms with Crippen LogP contribution in [0.25, 0.3) is 0 Å². The Morgan fingerprint density at radius 3 is 2.42 bits per heavy atom. The second kappa shape index (κ2) is 5.88. The molecule has 1 aromatic carbocycles. The van der Waals surface area contributed by atoms with Gasteiger partial charge in [-0.3, -0.25) is 0 Å². The van der Waals surface area contributed by atoms with Crippen molar-refractivity contribution < 1.29 is 28.4 Å². The fourth-order valence-electron chi connectivity index (χ4n) is 3.79. The highest BCUT2D eigenvalue weighted by atomic mass is 16.8. The first kappa shape index (κ1) is 16.1. The largest absolute Gasteiger partial charge is 0.493 e. The normalized spacial score (nSPS) is 33.8. The highest BCUT2D eigenvalue weighted by Gasteiger charge is 2.55. The minimum atomic E-state index is -0.624. The summed E-state index contributed by atoms with van der Waals surface area (Å²) in [6.45, 7) is 4.30. The summed E-state index contributed by atoms with van der Waals surface area (Å²) in [6.07, 6.45) is 1.10. The van der Waals surface area contributed by atoms with Crippen molar-refractivity contribution in [2.75, 3.05) is 14.2 Å². The lowest BCUT2D eigenvalue weighted by molar-refractivity contribution is -0.220. The van der Waals surface area contributed by atoms with Gasteiger partial charge in [0.25, 0.3) is 0 Å². The fraction of sp³-hybridized carbons (Fsp3) is 0.667. The van der Waals surface area contributed by atoms with E-state index in [1.54, 1.807) is 14.2 Å². The van der Waals surface area contributed by atoms with E-state index in [4.69, 9.17) is 28.4 Å². The van der Waals surface area contributed by atoms with Crippen LogP contribution in [0.2, 0.25) is 0 Å². The zero-order valence-corrected chi connectivity index (χ0v) is 14.5. The summed E-state index contributed by atoms with van der Waals surface area (Å²) in [4.78, 5) is 0. The Bertz CT molecular complexity index is 628. The molecule has 0 spiro atoms. The minimum Gasteiger partial charge on any atom is -0.493 e. The molecule has 24 heavy (non-hydrogen) atoms. The van der Waals surface area contributed by atoms with Crippen LogP contribution in [0, 0.1) is 0 Å². The third-order valence-corrected chi connectivity index (χ3v) is 4.92. The lowest BCUT2D eigenvalue weighted by atomic mass is 9.96. The Morgan fingerprint density at radius 1 is 1.00 bits per heavy atom. The summed E-state index contributed by atoms with van der Waals surface area (Å²) in [7, 11) is 3.29. The molecule has 0 saturated carbocycles. The van der Waals surface area contributed by atoms with E-state index >= 15 is 0 Å². The van der Waals surface area contributed by atoms with Gasteiger partial charge in [0.1, 0.15) is 12.2 Å². The second-order valence-corrected chi connectivity index (χ2v) is 6.93. The highest BCUT2D eigenvalue weighted by molar-refractivity contribution is 5.47. The SMILES string of the molecule is COc1cc2c(cc1OC)CO[C@@H]1[C@H]3OC(C)(C)O[C@H]3O[C@@H]1CC2. The molecule has 2 fully saturated rings. The monoisotopic (exact) mass is 336 g/mol. The van der Waals surface area contributed by atoms with E-state index < -0.39 is 5.79 Å². The van der Waals surface area contributed by atoms with Gasteiger partial charge in [-0.2, -0.15) is 0 Å². The molecule has 4 atom stereocenters. The molecule has 3 aliphatic heterocycles. The fourth-order valence-corrected chi connectivity index (χ4v) is 3.79. The average molecular weight is 336 g/mol. The number of ether oxygens (including phenoxy) is 6. The first-order valence-corrected chi connectivity index (χ1v) is 8.37. The van der Waals surface area contributed by atoms with Crippen LogP contribution in [0.1, 0.15) is 31.4 Å². The summed E-state index contributed by atoms with van der Waals surface area (Å²) in [5.41, 5.74) is 2.32. The van der Waals surface area contributed by atoms with Crippen LogP contribution in [-0.2, 0) is 32.0 Å². The third kappa shape index (κ3) is 2.67. The molecule has 1 aromatic rings. The van der Waals surface area contributed by atoms with Crippen molar-refractivity contribution in [3.8, 4) is 11.5 Å². The maximum Gasteiger partial charge on any atom is 0.190 e. The van der Waals surface area contributed by atoms with Crippen LogP contribution in [0.15, 0.2) is 12.1 Å². The Labute approximate surface area is 141 Å². The van der Waals surface area contributed by atoms with E-state index in [0.717, 1.165) is 29.9 Å². The molecule has 3 aliphatic rings. The van der Waals surface area contributed by atoms with Crippen molar-refractivity contribution in [2.45, 2.75) is 63.7 Å². The summed E-state index contributed by atoms with van der Waals surface area (Å²) in [5.74, 6) is 0.839. The molecule has 6 heteroatoms. The Kier molecular flexibility index (Phi) is 3.95. The minimum absolute atomic E-state index is 0.0163. The molecule has 0 aliphatic carbocycles. The molecule has 132 valence electrons. The van der Waals surface area contributed by atoms with Crippen LogP contribution in [0.3, 0.4) is 0 Å². The maximum absolute atomic E-state index is 6.19. The summed E-state index contributed by atoms with van der Waals surface area (Å²) >= 11 is 0. The van der Waals surface area contributed by atoms with Gasteiger partial charge >= 0.3 is 0 Å². The van der Waals surface area contributed by atoms with Gasteiger partial charge in [0.2, 0.25) is 0 Å². The number of benzene rings is 1. The molecule has 4 rings (SSSR count). The predicted molar refractivity (Wildman–Crippen MR) is 85.1 cm³/mol. The number of methoxy groups -OCH3 is 2. The van der Waals surface area contributed by atoms with Gasteiger partial charge in [-0.05, 0) is 49.9 Å². The molecular formula is C18H24O6. The summed E-state index contributed by atoms with van der Waals surface area (Å²) in [6, 6.07) is 4.03. The lowest BCUT2D eigenvalue weighted by Crippen LogP contribution is -2.37. The molecule has 0 bridgehead atoms. The van der Waals surface area contributed by atoms with E-state index in [-0.39, 0.29) is 24.6 Å². The van der Waals surface area contributed by atoms with Crippen molar-refractivity contribution in [3.63, 3.8) is 0 Å². The zero-order valence-electron chi connectivity index (χ0n) is 14.5. The Morgan fingerprint density at radius 2 is 1.71 bits per heavy atom. The number of hydrogen-bond acceptors (Lipinski definition) is 6. The van der Waals surface area contributed by atoms with E-state index in [1.165, 1.54) is 5.56 Å². The van der Waals surface area contributed by atoms with E-state index in [9.17, 15) is 0 Å². The smallest absolute Gasteiger partial charge is 0.190 e.